The topological polar surface area (TPSA) is 89.9 Å². The SMILES string of the molecule is CC(O)C(NC(=O)N(C)CC1CCCC1)C(=O)O. The maximum Gasteiger partial charge on any atom is 0.328 e. The first-order chi connectivity index (χ1) is 8.41. The molecule has 1 saturated carbocycles. The van der Waals surface area contributed by atoms with Gasteiger partial charge in [-0.05, 0) is 25.7 Å². The lowest BCUT2D eigenvalue weighted by molar-refractivity contribution is -0.141. The lowest BCUT2D eigenvalue weighted by Crippen LogP contribution is -2.52. The summed E-state index contributed by atoms with van der Waals surface area (Å²) in [7, 11) is 1.65. The number of aliphatic hydroxyl groups excluding tert-OH is 1. The number of carboxylic acids is 1. The molecule has 2 atom stereocenters. The Labute approximate surface area is 107 Å². The fourth-order valence-corrected chi connectivity index (χ4v) is 2.30. The van der Waals surface area contributed by atoms with Crippen LogP contribution in [0.3, 0.4) is 0 Å². The van der Waals surface area contributed by atoms with Crippen LogP contribution < -0.4 is 5.32 Å². The van der Waals surface area contributed by atoms with Crippen molar-refractivity contribution in [3.63, 3.8) is 0 Å². The maximum atomic E-state index is 11.8. The van der Waals surface area contributed by atoms with Crippen molar-refractivity contribution in [1.82, 2.24) is 10.2 Å². The largest absolute Gasteiger partial charge is 0.480 e. The molecule has 0 spiro atoms. The van der Waals surface area contributed by atoms with Crippen LogP contribution in [0.4, 0.5) is 4.79 Å². The number of urea groups is 1. The summed E-state index contributed by atoms with van der Waals surface area (Å²) in [4.78, 5) is 24.1. The normalized spacial score (nSPS) is 19.3. The molecule has 1 rings (SSSR count). The van der Waals surface area contributed by atoms with Crippen LogP contribution >= 0.6 is 0 Å². The van der Waals surface area contributed by atoms with Gasteiger partial charge in [-0.2, -0.15) is 0 Å². The fraction of sp³-hybridized carbons (Fsp3) is 0.833. The predicted molar refractivity (Wildman–Crippen MR) is 66.2 cm³/mol. The number of aliphatic carboxylic acids is 1. The second kappa shape index (κ2) is 6.58. The maximum absolute atomic E-state index is 11.8. The van der Waals surface area contributed by atoms with Gasteiger partial charge >= 0.3 is 12.0 Å². The van der Waals surface area contributed by atoms with E-state index in [9.17, 15) is 14.7 Å². The summed E-state index contributed by atoms with van der Waals surface area (Å²) in [5, 5.41) is 20.5. The van der Waals surface area contributed by atoms with Crippen LogP contribution in [0.1, 0.15) is 32.6 Å². The zero-order chi connectivity index (χ0) is 13.7. The van der Waals surface area contributed by atoms with E-state index in [1.54, 1.807) is 7.05 Å². The van der Waals surface area contributed by atoms with E-state index in [-0.39, 0.29) is 0 Å². The molecule has 0 radical (unpaired) electrons. The van der Waals surface area contributed by atoms with Gasteiger partial charge in [0.15, 0.2) is 6.04 Å². The van der Waals surface area contributed by atoms with Gasteiger partial charge in [-0.3, -0.25) is 0 Å². The Bertz CT molecular complexity index is 300. The van der Waals surface area contributed by atoms with Crippen LogP contribution in [0.25, 0.3) is 0 Å². The van der Waals surface area contributed by atoms with Gasteiger partial charge in [-0.1, -0.05) is 12.8 Å². The molecule has 2 amide bonds. The van der Waals surface area contributed by atoms with Crippen molar-refractivity contribution in [2.24, 2.45) is 5.92 Å². The number of aliphatic hydroxyl groups is 1. The number of hydrogen-bond acceptors (Lipinski definition) is 3. The van der Waals surface area contributed by atoms with Crippen molar-refractivity contribution in [2.75, 3.05) is 13.6 Å². The molecule has 0 saturated heterocycles. The zero-order valence-corrected chi connectivity index (χ0v) is 10.9. The first-order valence-electron chi connectivity index (χ1n) is 6.34. The Balaban J connectivity index is 2.44. The van der Waals surface area contributed by atoms with E-state index >= 15 is 0 Å². The predicted octanol–water partition coefficient (Wildman–Crippen LogP) is 0.652. The number of amides is 2. The molecule has 0 heterocycles. The molecule has 0 aromatic carbocycles. The van der Waals surface area contributed by atoms with E-state index in [0.29, 0.717) is 12.5 Å². The van der Waals surface area contributed by atoms with Crippen molar-refractivity contribution in [1.29, 1.82) is 0 Å². The standard InChI is InChI=1S/C12H22N2O4/c1-8(15)10(11(16)17)13-12(18)14(2)7-9-5-3-4-6-9/h8-10,15H,3-7H2,1-2H3,(H,13,18)(H,16,17). The van der Waals surface area contributed by atoms with Gasteiger partial charge in [0.25, 0.3) is 0 Å². The smallest absolute Gasteiger partial charge is 0.328 e. The highest BCUT2D eigenvalue weighted by Crippen LogP contribution is 2.25. The molecule has 0 aliphatic heterocycles. The lowest BCUT2D eigenvalue weighted by Gasteiger charge is -2.24. The highest BCUT2D eigenvalue weighted by molar-refractivity contribution is 5.82. The summed E-state index contributed by atoms with van der Waals surface area (Å²) in [6, 6.07) is -1.71. The number of carbonyl (C=O) groups is 2. The molecule has 3 N–H and O–H groups in total. The monoisotopic (exact) mass is 258 g/mol. The minimum Gasteiger partial charge on any atom is -0.480 e. The third kappa shape index (κ3) is 4.18. The van der Waals surface area contributed by atoms with Gasteiger partial charge in [0.2, 0.25) is 0 Å². The summed E-state index contributed by atoms with van der Waals surface area (Å²) in [5.74, 6) is -0.719. The van der Waals surface area contributed by atoms with Crippen molar-refractivity contribution < 1.29 is 19.8 Å². The first-order valence-corrected chi connectivity index (χ1v) is 6.34. The van der Waals surface area contributed by atoms with Crippen molar-refractivity contribution in [3.8, 4) is 0 Å². The number of nitrogens with one attached hydrogen (secondary N) is 1. The number of carbonyl (C=O) groups excluding carboxylic acids is 1. The highest BCUT2D eigenvalue weighted by atomic mass is 16.4. The molecular formula is C12H22N2O4. The highest BCUT2D eigenvalue weighted by Gasteiger charge is 2.27. The van der Waals surface area contributed by atoms with E-state index in [4.69, 9.17) is 5.11 Å². The molecular weight excluding hydrogens is 236 g/mol. The fourth-order valence-electron chi connectivity index (χ4n) is 2.30. The molecule has 18 heavy (non-hydrogen) atoms. The van der Waals surface area contributed by atoms with E-state index in [0.717, 1.165) is 12.8 Å². The molecule has 0 aromatic rings. The van der Waals surface area contributed by atoms with Gasteiger partial charge in [-0.25, -0.2) is 9.59 Å². The number of carboxylic acid groups (broad SMARTS) is 1. The zero-order valence-electron chi connectivity index (χ0n) is 10.9. The van der Waals surface area contributed by atoms with Crippen LogP contribution in [0.15, 0.2) is 0 Å². The minimum atomic E-state index is -1.26. The summed E-state index contributed by atoms with van der Waals surface area (Å²) in [6.07, 6.45) is 3.52. The third-order valence-corrected chi connectivity index (χ3v) is 3.38. The van der Waals surface area contributed by atoms with Gasteiger partial charge in [-0.15, -0.1) is 0 Å². The van der Waals surface area contributed by atoms with E-state index in [2.05, 4.69) is 5.32 Å². The third-order valence-electron chi connectivity index (χ3n) is 3.38. The molecule has 104 valence electrons. The number of nitrogens with zero attached hydrogens (tertiary/aromatic N) is 1. The van der Waals surface area contributed by atoms with Crippen LogP contribution in [0.2, 0.25) is 0 Å². The van der Waals surface area contributed by atoms with E-state index < -0.39 is 24.1 Å². The molecule has 0 bridgehead atoms. The summed E-state index contributed by atoms with van der Waals surface area (Å²) in [6.45, 7) is 1.98. The molecule has 2 unspecified atom stereocenters. The van der Waals surface area contributed by atoms with Gasteiger partial charge in [0, 0.05) is 13.6 Å². The number of hydrogen-bond donors (Lipinski definition) is 3. The van der Waals surface area contributed by atoms with Crippen molar-refractivity contribution in [2.45, 2.75) is 44.8 Å². The molecule has 1 aliphatic rings. The van der Waals surface area contributed by atoms with E-state index in [1.807, 2.05) is 0 Å². The van der Waals surface area contributed by atoms with Crippen LogP contribution in [-0.2, 0) is 4.79 Å². The van der Waals surface area contributed by atoms with Crippen LogP contribution in [0.5, 0.6) is 0 Å². The average Bonchev–Trinajstić information content (AvgIpc) is 2.77. The number of rotatable bonds is 5. The Hall–Kier alpha value is -1.30. The van der Waals surface area contributed by atoms with Crippen molar-refractivity contribution in [3.05, 3.63) is 0 Å². The molecule has 1 fully saturated rings. The Kier molecular flexibility index (Phi) is 5.40. The second-order valence-electron chi connectivity index (χ2n) is 5.04. The average molecular weight is 258 g/mol. The van der Waals surface area contributed by atoms with E-state index in [1.165, 1.54) is 24.7 Å². The van der Waals surface area contributed by atoms with Crippen LogP contribution in [-0.4, -0.2) is 52.9 Å². The molecule has 1 aliphatic carbocycles. The van der Waals surface area contributed by atoms with Gasteiger partial charge < -0.3 is 20.4 Å². The summed E-state index contributed by atoms with van der Waals surface area (Å²) >= 11 is 0. The first kappa shape index (κ1) is 14.8. The van der Waals surface area contributed by atoms with Gasteiger partial charge in [0.1, 0.15) is 0 Å². The summed E-state index contributed by atoms with van der Waals surface area (Å²) in [5.41, 5.74) is 0. The molecule has 6 nitrogen and oxygen atoms in total. The quantitative estimate of drug-likeness (QED) is 0.675. The van der Waals surface area contributed by atoms with Crippen molar-refractivity contribution >= 4 is 12.0 Å². The Morgan fingerprint density at radius 1 is 1.39 bits per heavy atom. The Morgan fingerprint density at radius 3 is 2.39 bits per heavy atom. The minimum absolute atomic E-state index is 0.449. The van der Waals surface area contributed by atoms with Crippen LogP contribution in [0, 0.1) is 5.92 Å². The van der Waals surface area contributed by atoms with Gasteiger partial charge in [0.05, 0.1) is 6.10 Å². The molecule has 0 aromatic heterocycles. The Morgan fingerprint density at radius 2 is 1.94 bits per heavy atom. The summed E-state index contributed by atoms with van der Waals surface area (Å²) < 4.78 is 0. The second-order valence-corrected chi connectivity index (χ2v) is 5.04. The molecule has 6 heteroatoms. The lowest BCUT2D eigenvalue weighted by atomic mass is 10.1.